The van der Waals surface area contributed by atoms with Crippen LogP contribution in [0.1, 0.15) is 30.3 Å². The second-order valence-electron chi connectivity index (χ2n) is 8.15. The Morgan fingerprint density at radius 1 is 1.09 bits per heavy atom. The van der Waals surface area contributed by atoms with Crippen molar-refractivity contribution >= 4 is 58.4 Å². The van der Waals surface area contributed by atoms with E-state index in [-0.39, 0.29) is 26.2 Å². The lowest BCUT2D eigenvalue weighted by molar-refractivity contribution is 0.279. The number of aliphatic imine (C=N–C) groups is 1. The van der Waals surface area contributed by atoms with E-state index in [1.165, 1.54) is 33.8 Å². The molecule has 2 aliphatic rings. The van der Waals surface area contributed by atoms with E-state index in [4.69, 9.17) is 4.99 Å². The van der Waals surface area contributed by atoms with E-state index in [9.17, 15) is 0 Å². The third-order valence-corrected chi connectivity index (χ3v) is 6.86. The van der Waals surface area contributed by atoms with Gasteiger partial charge in [0.1, 0.15) is 10.8 Å². The first-order valence-electron chi connectivity index (χ1n) is 10.8. The van der Waals surface area contributed by atoms with Gasteiger partial charge in [0.25, 0.3) is 0 Å². The lowest BCUT2D eigenvalue weighted by Gasteiger charge is -2.36. The van der Waals surface area contributed by atoms with E-state index in [0.717, 1.165) is 43.3 Å². The number of anilines is 2. The Bertz CT molecular complexity index is 1060. The number of nitrogens with one attached hydrogen (secondary N) is 2. The number of hydrogen-bond acceptors (Lipinski definition) is 5. The van der Waals surface area contributed by atoms with Gasteiger partial charge < -0.3 is 15.5 Å². The van der Waals surface area contributed by atoms with Crippen LogP contribution in [-0.2, 0) is 6.42 Å². The summed E-state index contributed by atoms with van der Waals surface area (Å²) in [6.45, 7) is 5.17. The Labute approximate surface area is 208 Å². The summed E-state index contributed by atoms with van der Waals surface area (Å²) in [7, 11) is 0. The standard InChI is InChI=1S/C25H28N4S.2ClH.H2/c1-18-16-21-24(27-22-12-5-6-13-23(22)28-25(21)30-18)29-15-14-26-20(17-29)11-7-10-19-8-3-2-4-9-19;;;/h2-6,8-9,12-13,16,20,26,28H,7,10-11,14-15,17H2,1H3;3*1H/t20-;;;/m0.../s1. The summed E-state index contributed by atoms with van der Waals surface area (Å²) in [6, 6.07) is 21.9. The van der Waals surface area contributed by atoms with Crippen molar-refractivity contribution in [3.05, 3.63) is 76.7 Å². The molecule has 2 aliphatic heterocycles. The van der Waals surface area contributed by atoms with Crippen molar-refractivity contribution in [2.24, 2.45) is 4.99 Å². The van der Waals surface area contributed by atoms with Crippen LogP contribution >= 0.6 is 36.2 Å². The molecule has 1 saturated heterocycles. The number of fused-ring (bicyclic) bond motifs is 2. The van der Waals surface area contributed by atoms with Gasteiger partial charge in [0.15, 0.2) is 0 Å². The summed E-state index contributed by atoms with van der Waals surface area (Å²) in [5.74, 6) is 1.11. The van der Waals surface area contributed by atoms with Crippen LogP contribution < -0.4 is 10.6 Å². The van der Waals surface area contributed by atoms with E-state index >= 15 is 0 Å². The Morgan fingerprint density at radius 2 is 1.88 bits per heavy atom. The van der Waals surface area contributed by atoms with E-state index in [1.54, 1.807) is 0 Å². The molecule has 1 fully saturated rings. The Kier molecular flexibility index (Phi) is 8.60. The summed E-state index contributed by atoms with van der Waals surface area (Å²) in [5, 5.41) is 8.55. The zero-order valence-corrected chi connectivity index (χ0v) is 20.7. The molecule has 172 valence electrons. The van der Waals surface area contributed by atoms with Crippen molar-refractivity contribution in [1.82, 2.24) is 10.2 Å². The van der Waals surface area contributed by atoms with Crippen LogP contribution in [0.25, 0.3) is 0 Å². The third-order valence-electron chi connectivity index (χ3n) is 5.89. The molecule has 4 nitrogen and oxygen atoms in total. The smallest absolute Gasteiger partial charge is 0.139 e. The first-order valence-corrected chi connectivity index (χ1v) is 11.7. The molecule has 7 heteroatoms. The number of piperazine rings is 1. The maximum Gasteiger partial charge on any atom is 0.139 e. The van der Waals surface area contributed by atoms with Crippen LogP contribution in [0.3, 0.4) is 0 Å². The lowest BCUT2D eigenvalue weighted by atomic mass is 10.0. The summed E-state index contributed by atoms with van der Waals surface area (Å²) in [6.07, 6.45) is 3.53. The first kappa shape index (κ1) is 24.6. The molecule has 2 aromatic carbocycles. The van der Waals surface area contributed by atoms with Gasteiger partial charge in [-0.05, 0) is 49.9 Å². The molecule has 0 unspecified atom stereocenters. The fourth-order valence-electron chi connectivity index (χ4n) is 4.40. The Morgan fingerprint density at radius 3 is 2.72 bits per heavy atom. The number of para-hydroxylation sites is 2. The van der Waals surface area contributed by atoms with Crippen molar-refractivity contribution in [3.8, 4) is 0 Å². The fraction of sp³-hybridized carbons (Fsp3) is 0.320. The molecule has 0 spiro atoms. The van der Waals surface area contributed by atoms with Crippen molar-refractivity contribution in [3.63, 3.8) is 0 Å². The van der Waals surface area contributed by atoms with E-state index in [0.29, 0.717) is 6.04 Å². The highest BCUT2D eigenvalue weighted by molar-refractivity contribution is 7.16. The largest absolute Gasteiger partial charge is 0.353 e. The molecule has 0 amide bonds. The predicted molar refractivity (Wildman–Crippen MR) is 144 cm³/mol. The number of hydrogen-bond donors (Lipinski definition) is 2. The molecular formula is C25H32Cl2N4S. The monoisotopic (exact) mass is 490 g/mol. The molecule has 3 aromatic rings. The van der Waals surface area contributed by atoms with Gasteiger partial charge in [-0.3, -0.25) is 0 Å². The number of halogens is 2. The van der Waals surface area contributed by atoms with Crippen LogP contribution in [0, 0.1) is 6.92 Å². The molecule has 1 aromatic heterocycles. The van der Waals surface area contributed by atoms with Gasteiger partial charge in [-0.2, -0.15) is 0 Å². The molecule has 3 heterocycles. The molecule has 0 bridgehead atoms. The Balaban J connectivity index is 0.00000128. The fourth-order valence-corrected chi connectivity index (χ4v) is 5.32. The maximum atomic E-state index is 5.14. The minimum absolute atomic E-state index is 0. The molecule has 0 radical (unpaired) electrons. The van der Waals surface area contributed by atoms with Crippen molar-refractivity contribution in [2.45, 2.75) is 32.2 Å². The van der Waals surface area contributed by atoms with Crippen LogP contribution in [0.15, 0.2) is 65.7 Å². The number of benzene rings is 2. The molecule has 1 atom stereocenters. The number of thiophene rings is 1. The Hall–Kier alpha value is -2.05. The highest BCUT2D eigenvalue weighted by atomic mass is 35.5. The average Bonchev–Trinajstić information content (AvgIpc) is 3.06. The normalized spacial score (nSPS) is 17.0. The lowest BCUT2D eigenvalue weighted by Crippen LogP contribution is -2.52. The highest BCUT2D eigenvalue weighted by Crippen LogP contribution is 2.39. The topological polar surface area (TPSA) is 39.7 Å². The van der Waals surface area contributed by atoms with Gasteiger partial charge in [0, 0.05) is 32.0 Å². The third kappa shape index (κ3) is 5.46. The molecule has 5 rings (SSSR count). The van der Waals surface area contributed by atoms with E-state index < -0.39 is 0 Å². The minimum atomic E-state index is 0. The molecule has 2 N–H and O–H groups in total. The average molecular weight is 492 g/mol. The van der Waals surface area contributed by atoms with E-state index in [2.05, 4.69) is 83.1 Å². The first-order chi connectivity index (χ1) is 14.8. The maximum absolute atomic E-state index is 5.14. The van der Waals surface area contributed by atoms with Crippen molar-refractivity contribution in [1.29, 1.82) is 0 Å². The zero-order valence-electron chi connectivity index (χ0n) is 18.2. The van der Waals surface area contributed by atoms with Crippen molar-refractivity contribution < 1.29 is 1.43 Å². The molecular weight excluding hydrogens is 459 g/mol. The number of aryl methyl sites for hydroxylation is 2. The number of amidine groups is 1. The van der Waals surface area contributed by atoms with Crippen LogP contribution in [-0.4, -0.2) is 36.4 Å². The van der Waals surface area contributed by atoms with Crippen LogP contribution in [0.5, 0.6) is 0 Å². The summed E-state index contributed by atoms with van der Waals surface area (Å²) >= 11 is 1.81. The molecule has 0 aliphatic carbocycles. The summed E-state index contributed by atoms with van der Waals surface area (Å²) < 4.78 is 0. The van der Waals surface area contributed by atoms with Gasteiger partial charge in [-0.25, -0.2) is 4.99 Å². The predicted octanol–water partition coefficient (Wildman–Crippen LogP) is 6.58. The summed E-state index contributed by atoms with van der Waals surface area (Å²) in [5.41, 5.74) is 4.77. The quantitative estimate of drug-likeness (QED) is 0.433. The molecule has 0 saturated carbocycles. The van der Waals surface area contributed by atoms with Gasteiger partial charge in [-0.15, -0.1) is 36.2 Å². The zero-order chi connectivity index (χ0) is 20.3. The highest BCUT2D eigenvalue weighted by Gasteiger charge is 2.27. The SMILES string of the molecule is Cc1cc2c(s1)Nc1ccccc1N=C2N1CCN[C@@H](CCCc2ccccc2)C1.Cl.Cl.[HH]. The van der Waals surface area contributed by atoms with Gasteiger partial charge >= 0.3 is 0 Å². The number of rotatable bonds is 4. The van der Waals surface area contributed by atoms with Gasteiger partial charge in [-0.1, -0.05) is 42.5 Å². The second kappa shape index (κ2) is 11.2. The van der Waals surface area contributed by atoms with Crippen LogP contribution in [0.4, 0.5) is 16.4 Å². The van der Waals surface area contributed by atoms with Crippen LogP contribution in [0.2, 0.25) is 0 Å². The van der Waals surface area contributed by atoms with Crippen molar-refractivity contribution in [2.75, 3.05) is 25.0 Å². The van der Waals surface area contributed by atoms with Gasteiger partial charge in [0.05, 0.1) is 16.9 Å². The number of nitrogens with zero attached hydrogens (tertiary/aromatic N) is 2. The van der Waals surface area contributed by atoms with Gasteiger partial charge in [0.2, 0.25) is 0 Å². The summed E-state index contributed by atoms with van der Waals surface area (Å²) in [4.78, 5) is 8.94. The minimum Gasteiger partial charge on any atom is -0.353 e. The molecule has 32 heavy (non-hydrogen) atoms. The van der Waals surface area contributed by atoms with E-state index in [1.807, 2.05) is 11.3 Å². The second-order valence-corrected chi connectivity index (χ2v) is 9.41.